The smallest absolute Gasteiger partial charge is 0.253 e. The number of aromatic nitrogens is 2. The molecule has 162 valence electrons. The van der Waals surface area contributed by atoms with Crippen LogP contribution in [-0.2, 0) is 11.2 Å². The van der Waals surface area contributed by atoms with Crippen molar-refractivity contribution in [3.8, 4) is 11.4 Å². The molecule has 0 spiro atoms. The van der Waals surface area contributed by atoms with Gasteiger partial charge in [-0.15, -0.1) is 0 Å². The molecule has 0 radical (unpaired) electrons. The Balaban J connectivity index is 1.25. The molecule has 1 aliphatic rings. The van der Waals surface area contributed by atoms with Crippen LogP contribution in [0, 0.1) is 0 Å². The number of rotatable bonds is 6. The van der Waals surface area contributed by atoms with Gasteiger partial charge in [-0.1, -0.05) is 31.1 Å². The lowest BCUT2D eigenvalue weighted by molar-refractivity contribution is -0.132. The van der Waals surface area contributed by atoms with Crippen LogP contribution < -0.4 is 0 Å². The molecule has 1 saturated heterocycles. The highest BCUT2D eigenvalue weighted by Gasteiger charge is 2.25. The fraction of sp³-hybridized carbons (Fsp3) is 0.391. The van der Waals surface area contributed by atoms with Crippen LogP contribution in [0.5, 0.6) is 0 Å². The Bertz CT molecular complexity index is 1020. The Kier molecular flexibility index (Phi) is 6.46. The van der Waals surface area contributed by atoms with Crippen LogP contribution in [0.15, 0.2) is 45.6 Å². The van der Waals surface area contributed by atoms with Crippen molar-refractivity contribution in [3.63, 3.8) is 0 Å². The summed E-state index contributed by atoms with van der Waals surface area (Å²) in [4.78, 5) is 33.3. The van der Waals surface area contributed by atoms with Crippen LogP contribution in [-0.4, -0.2) is 57.9 Å². The van der Waals surface area contributed by atoms with Crippen LogP contribution in [0.25, 0.3) is 11.4 Å². The van der Waals surface area contributed by atoms with Crippen molar-refractivity contribution in [2.45, 2.75) is 32.6 Å². The molecule has 1 fully saturated rings. The van der Waals surface area contributed by atoms with Gasteiger partial charge in [0, 0.05) is 55.5 Å². The Morgan fingerprint density at radius 1 is 1.06 bits per heavy atom. The molecule has 7 nitrogen and oxygen atoms in total. The average molecular weight is 439 g/mol. The molecule has 0 N–H and O–H groups in total. The van der Waals surface area contributed by atoms with Gasteiger partial charge in [-0.05, 0) is 35.1 Å². The van der Waals surface area contributed by atoms with Crippen LogP contribution in [0.4, 0.5) is 0 Å². The molecule has 3 heterocycles. The van der Waals surface area contributed by atoms with E-state index < -0.39 is 0 Å². The lowest BCUT2D eigenvalue weighted by Crippen LogP contribution is -2.50. The first-order valence-corrected chi connectivity index (χ1v) is 11.5. The minimum atomic E-state index is 0.0224. The molecule has 0 bridgehead atoms. The van der Waals surface area contributed by atoms with Gasteiger partial charge in [-0.2, -0.15) is 16.3 Å². The van der Waals surface area contributed by atoms with Crippen molar-refractivity contribution in [1.29, 1.82) is 0 Å². The molecule has 0 saturated carbocycles. The largest absolute Gasteiger partial charge is 0.339 e. The van der Waals surface area contributed by atoms with Crippen molar-refractivity contribution in [2.75, 3.05) is 26.2 Å². The zero-order valence-electron chi connectivity index (χ0n) is 17.8. The van der Waals surface area contributed by atoms with Gasteiger partial charge in [0.2, 0.25) is 17.6 Å². The monoisotopic (exact) mass is 438 g/mol. The summed E-state index contributed by atoms with van der Waals surface area (Å²) in [6.45, 7) is 6.43. The SMILES string of the molecule is CC(C)c1ccc(C(=O)N2CCN(C(=O)CCc3nc(-c4ccsc4)no3)CC2)cc1. The molecule has 8 heteroatoms. The fourth-order valence-electron chi connectivity index (χ4n) is 3.59. The maximum Gasteiger partial charge on any atom is 0.253 e. The minimum absolute atomic E-state index is 0.0224. The van der Waals surface area contributed by atoms with E-state index in [4.69, 9.17) is 4.52 Å². The summed E-state index contributed by atoms with van der Waals surface area (Å²) in [6, 6.07) is 9.75. The van der Waals surface area contributed by atoms with Crippen molar-refractivity contribution in [1.82, 2.24) is 19.9 Å². The quantitative estimate of drug-likeness (QED) is 0.584. The molecular formula is C23H26N4O3S. The van der Waals surface area contributed by atoms with Crippen molar-refractivity contribution < 1.29 is 14.1 Å². The predicted octanol–water partition coefficient (Wildman–Crippen LogP) is 3.84. The zero-order chi connectivity index (χ0) is 21.8. The van der Waals surface area contributed by atoms with E-state index in [0.717, 1.165) is 5.56 Å². The van der Waals surface area contributed by atoms with Crippen LogP contribution in [0.3, 0.4) is 0 Å². The second-order valence-electron chi connectivity index (χ2n) is 7.97. The zero-order valence-corrected chi connectivity index (χ0v) is 18.6. The number of thiophene rings is 1. The fourth-order valence-corrected chi connectivity index (χ4v) is 4.22. The van der Waals surface area contributed by atoms with Gasteiger partial charge in [0.1, 0.15) is 0 Å². The molecule has 2 aromatic heterocycles. The van der Waals surface area contributed by atoms with E-state index in [-0.39, 0.29) is 11.8 Å². The van der Waals surface area contributed by atoms with Crippen molar-refractivity contribution >= 4 is 23.2 Å². The van der Waals surface area contributed by atoms with Gasteiger partial charge in [-0.3, -0.25) is 9.59 Å². The van der Waals surface area contributed by atoms with Gasteiger partial charge >= 0.3 is 0 Å². The summed E-state index contributed by atoms with van der Waals surface area (Å²) in [5.74, 6) is 1.52. The van der Waals surface area contributed by atoms with E-state index in [1.807, 2.05) is 50.9 Å². The number of carbonyl (C=O) groups excluding carboxylic acids is 2. The van der Waals surface area contributed by atoms with E-state index in [2.05, 4.69) is 24.0 Å². The van der Waals surface area contributed by atoms with Crippen LogP contribution in [0.2, 0.25) is 0 Å². The van der Waals surface area contributed by atoms with E-state index in [9.17, 15) is 9.59 Å². The standard InChI is InChI=1S/C23H26N4O3S/c1-16(2)17-3-5-18(6-4-17)23(29)27-12-10-26(11-13-27)21(28)8-7-20-24-22(25-30-20)19-9-14-31-15-19/h3-6,9,14-16H,7-8,10-13H2,1-2H3. The van der Waals surface area contributed by atoms with Crippen molar-refractivity contribution in [2.24, 2.45) is 0 Å². The molecule has 0 aliphatic carbocycles. The minimum Gasteiger partial charge on any atom is -0.339 e. The lowest BCUT2D eigenvalue weighted by atomic mass is 10.0. The Morgan fingerprint density at radius 3 is 2.42 bits per heavy atom. The summed E-state index contributed by atoms with van der Waals surface area (Å²) in [5.41, 5.74) is 2.84. The number of hydrogen-bond donors (Lipinski definition) is 0. The topological polar surface area (TPSA) is 79.5 Å². The summed E-state index contributed by atoms with van der Waals surface area (Å²) in [7, 11) is 0. The normalized spacial score (nSPS) is 14.3. The van der Waals surface area contributed by atoms with Crippen molar-refractivity contribution in [3.05, 3.63) is 58.1 Å². The maximum atomic E-state index is 12.8. The van der Waals surface area contributed by atoms with E-state index in [1.165, 1.54) is 5.56 Å². The molecule has 3 aromatic rings. The highest BCUT2D eigenvalue weighted by molar-refractivity contribution is 7.08. The van der Waals surface area contributed by atoms with Gasteiger partial charge in [0.15, 0.2) is 0 Å². The Labute approximate surface area is 185 Å². The lowest BCUT2D eigenvalue weighted by Gasteiger charge is -2.35. The average Bonchev–Trinajstić information content (AvgIpc) is 3.49. The second-order valence-corrected chi connectivity index (χ2v) is 8.75. The molecule has 0 unspecified atom stereocenters. The third kappa shape index (κ3) is 5.02. The molecule has 0 atom stereocenters. The molecule has 31 heavy (non-hydrogen) atoms. The number of nitrogens with zero attached hydrogens (tertiary/aromatic N) is 4. The molecular weight excluding hydrogens is 412 g/mol. The number of amides is 2. The van der Waals surface area contributed by atoms with Gasteiger partial charge in [0.05, 0.1) is 0 Å². The third-order valence-electron chi connectivity index (χ3n) is 5.54. The molecule has 4 rings (SSSR count). The number of aryl methyl sites for hydroxylation is 1. The number of piperazine rings is 1. The highest BCUT2D eigenvalue weighted by Crippen LogP contribution is 2.20. The van der Waals surface area contributed by atoms with Crippen LogP contribution >= 0.6 is 11.3 Å². The molecule has 2 amide bonds. The predicted molar refractivity (Wildman–Crippen MR) is 119 cm³/mol. The van der Waals surface area contributed by atoms with Gasteiger partial charge < -0.3 is 14.3 Å². The van der Waals surface area contributed by atoms with Gasteiger partial charge in [-0.25, -0.2) is 0 Å². The molecule has 1 aromatic carbocycles. The third-order valence-corrected chi connectivity index (χ3v) is 6.23. The number of benzene rings is 1. The van der Waals surface area contributed by atoms with Crippen LogP contribution in [0.1, 0.15) is 48.0 Å². The summed E-state index contributed by atoms with van der Waals surface area (Å²) in [6.07, 6.45) is 0.729. The first kappa shape index (κ1) is 21.2. The summed E-state index contributed by atoms with van der Waals surface area (Å²) in [5, 5.41) is 7.89. The second kappa shape index (κ2) is 9.43. The first-order valence-electron chi connectivity index (χ1n) is 10.5. The number of carbonyl (C=O) groups is 2. The van der Waals surface area contributed by atoms with E-state index in [1.54, 1.807) is 11.3 Å². The molecule has 1 aliphatic heterocycles. The van der Waals surface area contributed by atoms with Gasteiger partial charge in [0.25, 0.3) is 5.91 Å². The first-order chi connectivity index (χ1) is 15.0. The Morgan fingerprint density at radius 2 is 1.77 bits per heavy atom. The Hall–Kier alpha value is -3.00. The summed E-state index contributed by atoms with van der Waals surface area (Å²) < 4.78 is 5.27. The summed E-state index contributed by atoms with van der Waals surface area (Å²) >= 11 is 1.57. The van der Waals surface area contributed by atoms with E-state index in [0.29, 0.717) is 62.2 Å². The highest BCUT2D eigenvalue weighted by atomic mass is 32.1. The maximum absolute atomic E-state index is 12.8. The van der Waals surface area contributed by atoms with E-state index >= 15 is 0 Å². The number of hydrogen-bond acceptors (Lipinski definition) is 6.